The van der Waals surface area contributed by atoms with Crippen LogP contribution in [-0.2, 0) is 4.79 Å². The van der Waals surface area contributed by atoms with Gasteiger partial charge in [-0.05, 0) is 64.2 Å². The van der Waals surface area contributed by atoms with Crippen molar-refractivity contribution in [2.24, 2.45) is 10.9 Å². The molecule has 1 amide bonds. The maximum absolute atomic E-state index is 11.8. The molecule has 0 radical (unpaired) electrons. The van der Waals surface area contributed by atoms with E-state index in [1.165, 1.54) is 5.57 Å². The van der Waals surface area contributed by atoms with Gasteiger partial charge < -0.3 is 10.6 Å². The first-order valence-electron chi connectivity index (χ1n) is 12.0. The van der Waals surface area contributed by atoms with E-state index in [-0.39, 0.29) is 5.91 Å². The smallest absolute Gasteiger partial charge is 0.220 e. The molecule has 0 saturated carbocycles. The molecule has 1 aromatic carbocycles. The van der Waals surface area contributed by atoms with Crippen LogP contribution in [-0.4, -0.2) is 51.3 Å². The minimum absolute atomic E-state index is 0.121. The van der Waals surface area contributed by atoms with Crippen molar-refractivity contribution in [3.05, 3.63) is 35.2 Å². The molecular formula is C26H37N7O. The molecule has 0 bridgehead atoms. The van der Waals surface area contributed by atoms with Crippen LogP contribution in [0.4, 0.5) is 5.82 Å². The second-order valence-electron chi connectivity index (χ2n) is 9.34. The Hall–Kier alpha value is -3.29. The standard InChI is InChI=1S/C26H37N7O/c1-16(2)14-23(34)28-12-8-9-13-29-25-26-32-31-19(6)33(26)22-15-20(10-11-21(22)30-25)24(17(3)4)18(5)27-7/h10-11,15-16H,8-9,12-14H2,1-7H3,(H,28,34)(H,29,30). The topological polar surface area (TPSA) is 96.6 Å². The summed E-state index contributed by atoms with van der Waals surface area (Å²) in [5, 5.41) is 15.1. The number of carbonyl (C=O) groups excluding carboxylic acids is 1. The van der Waals surface area contributed by atoms with Crippen molar-refractivity contribution in [2.75, 3.05) is 25.5 Å². The molecule has 0 aliphatic rings. The van der Waals surface area contributed by atoms with Gasteiger partial charge in [0.15, 0.2) is 5.82 Å². The van der Waals surface area contributed by atoms with E-state index in [9.17, 15) is 4.79 Å². The first-order chi connectivity index (χ1) is 16.2. The van der Waals surface area contributed by atoms with Crippen molar-refractivity contribution in [2.45, 2.75) is 60.8 Å². The van der Waals surface area contributed by atoms with Gasteiger partial charge in [0.25, 0.3) is 0 Å². The molecule has 2 heterocycles. The van der Waals surface area contributed by atoms with Crippen molar-refractivity contribution in [1.82, 2.24) is 24.9 Å². The molecule has 0 unspecified atom stereocenters. The number of rotatable bonds is 10. The third-order valence-corrected chi connectivity index (χ3v) is 5.78. The molecule has 0 spiro atoms. The van der Waals surface area contributed by atoms with Gasteiger partial charge in [0.05, 0.1) is 11.0 Å². The lowest BCUT2D eigenvalue weighted by Gasteiger charge is -2.14. The summed E-state index contributed by atoms with van der Waals surface area (Å²) in [7, 11) is 1.82. The molecule has 0 fully saturated rings. The summed E-state index contributed by atoms with van der Waals surface area (Å²) < 4.78 is 2.06. The van der Waals surface area contributed by atoms with Gasteiger partial charge in [0, 0.05) is 37.8 Å². The number of hydrogen-bond donors (Lipinski definition) is 2. The number of aliphatic imine (C=N–C) groups is 1. The van der Waals surface area contributed by atoms with E-state index in [4.69, 9.17) is 4.98 Å². The highest BCUT2D eigenvalue weighted by Crippen LogP contribution is 2.27. The molecule has 0 saturated heterocycles. The third-order valence-electron chi connectivity index (χ3n) is 5.78. The fraction of sp³-hybridized carbons (Fsp3) is 0.500. The predicted molar refractivity (Wildman–Crippen MR) is 141 cm³/mol. The number of aryl methyl sites for hydroxylation is 1. The number of benzene rings is 1. The van der Waals surface area contributed by atoms with Crippen LogP contribution >= 0.6 is 0 Å². The maximum atomic E-state index is 11.8. The van der Waals surface area contributed by atoms with Crippen LogP contribution < -0.4 is 10.6 Å². The Morgan fingerprint density at radius 2 is 1.85 bits per heavy atom. The van der Waals surface area contributed by atoms with Crippen LogP contribution in [0.25, 0.3) is 22.3 Å². The van der Waals surface area contributed by atoms with E-state index in [0.717, 1.165) is 58.9 Å². The molecule has 3 aromatic rings. The normalized spacial score (nSPS) is 11.9. The summed E-state index contributed by atoms with van der Waals surface area (Å²) in [5.41, 5.74) is 7.02. The Kier molecular flexibility index (Phi) is 8.36. The average Bonchev–Trinajstić information content (AvgIpc) is 3.17. The van der Waals surface area contributed by atoms with Gasteiger partial charge in [0.1, 0.15) is 5.82 Å². The van der Waals surface area contributed by atoms with E-state index in [2.05, 4.69) is 70.1 Å². The minimum atomic E-state index is 0.121. The number of fused-ring (bicyclic) bond motifs is 3. The fourth-order valence-electron chi connectivity index (χ4n) is 4.14. The van der Waals surface area contributed by atoms with E-state index in [1.807, 2.05) is 27.0 Å². The van der Waals surface area contributed by atoms with Gasteiger partial charge in [-0.2, -0.15) is 0 Å². The molecule has 2 N–H and O–H groups in total. The van der Waals surface area contributed by atoms with Gasteiger partial charge in [-0.15, -0.1) is 10.2 Å². The van der Waals surface area contributed by atoms with E-state index in [0.29, 0.717) is 24.5 Å². The van der Waals surface area contributed by atoms with Crippen LogP contribution in [0.3, 0.4) is 0 Å². The van der Waals surface area contributed by atoms with E-state index >= 15 is 0 Å². The number of anilines is 1. The number of hydrogen-bond acceptors (Lipinski definition) is 6. The Morgan fingerprint density at radius 1 is 1.12 bits per heavy atom. The van der Waals surface area contributed by atoms with Crippen LogP contribution in [0.5, 0.6) is 0 Å². The predicted octanol–water partition coefficient (Wildman–Crippen LogP) is 4.82. The zero-order chi connectivity index (χ0) is 24.8. The first kappa shape index (κ1) is 25.3. The Balaban J connectivity index is 1.80. The lowest BCUT2D eigenvalue weighted by Crippen LogP contribution is -2.25. The number of nitrogens with zero attached hydrogens (tertiary/aromatic N) is 5. The highest BCUT2D eigenvalue weighted by atomic mass is 16.1. The van der Waals surface area contributed by atoms with Crippen molar-refractivity contribution in [3.8, 4) is 0 Å². The van der Waals surface area contributed by atoms with Gasteiger partial charge >= 0.3 is 0 Å². The maximum Gasteiger partial charge on any atom is 0.220 e. The number of nitrogens with one attached hydrogen (secondary N) is 2. The Bertz CT molecular complexity index is 1230. The number of unbranched alkanes of at least 4 members (excludes halogenated alkanes) is 1. The molecule has 0 aliphatic heterocycles. The Morgan fingerprint density at radius 3 is 2.53 bits per heavy atom. The van der Waals surface area contributed by atoms with Crippen LogP contribution in [0, 0.1) is 12.8 Å². The van der Waals surface area contributed by atoms with Crippen LogP contribution in [0.15, 0.2) is 28.8 Å². The highest BCUT2D eigenvalue weighted by molar-refractivity contribution is 6.23. The monoisotopic (exact) mass is 463 g/mol. The van der Waals surface area contributed by atoms with Crippen LogP contribution in [0.2, 0.25) is 0 Å². The summed E-state index contributed by atoms with van der Waals surface area (Å²) in [4.78, 5) is 21.0. The SMILES string of the molecule is CN=C(C)C(=C(C)C)c1ccc2nc(NCCCCNC(=O)CC(C)C)c3nnc(C)n3c2c1. The van der Waals surface area contributed by atoms with Crippen molar-refractivity contribution in [3.63, 3.8) is 0 Å². The second-order valence-corrected chi connectivity index (χ2v) is 9.34. The molecule has 34 heavy (non-hydrogen) atoms. The molecule has 3 rings (SSSR count). The number of amides is 1. The first-order valence-corrected chi connectivity index (χ1v) is 12.0. The van der Waals surface area contributed by atoms with E-state index < -0.39 is 0 Å². The van der Waals surface area contributed by atoms with Crippen LogP contribution in [0.1, 0.15) is 65.3 Å². The summed E-state index contributed by atoms with van der Waals surface area (Å²) in [6, 6.07) is 6.29. The molecule has 182 valence electrons. The van der Waals surface area contributed by atoms with Crippen molar-refractivity contribution in [1.29, 1.82) is 0 Å². The summed E-state index contributed by atoms with van der Waals surface area (Å²) in [5.74, 6) is 2.03. The number of carbonyl (C=O) groups is 1. The fourth-order valence-corrected chi connectivity index (χ4v) is 4.14. The second kappa shape index (κ2) is 11.2. The summed E-state index contributed by atoms with van der Waals surface area (Å²) >= 11 is 0. The lowest BCUT2D eigenvalue weighted by atomic mass is 9.97. The molecule has 0 atom stereocenters. The number of aromatic nitrogens is 4. The molecule has 0 aliphatic carbocycles. The van der Waals surface area contributed by atoms with Gasteiger partial charge in [-0.1, -0.05) is 25.5 Å². The van der Waals surface area contributed by atoms with Gasteiger partial charge in [-0.25, -0.2) is 4.98 Å². The van der Waals surface area contributed by atoms with Crippen molar-refractivity contribution >= 4 is 39.7 Å². The summed E-state index contributed by atoms with van der Waals surface area (Å²) in [6.45, 7) is 13.7. The molecule has 8 heteroatoms. The molecule has 2 aromatic heterocycles. The quantitative estimate of drug-likeness (QED) is 0.332. The largest absolute Gasteiger partial charge is 0.367 e. The summed E-state index contributed by atoms with van der Waals surface area (Å²) in [6.07, 6.45) is 2.39. The average molecular weight is 464 g/mol. The number of allylic oxidation sites excluding steroid dienone is 2. The van der Waals surface area contributed by atoms with E-state index in [1.54, 1.807) is 0 Å². The minimum Gasteiger partial charge on any atom is -0.367 e. The van der Waals surface area contributed by atoms with Crippen molar-refractivity contribution < 1.29 is 4.79 Å². The zero-order valence-corrected chi connectivity index (χ0v) is 21.5. The lowest BCUT2D eigenvalue weighted by molar-refractivity contribution is -0.121. The highest BCUT2D eigenvalue weighted by Gasteiger charge is 2.15. The zero-order valence-electron chi connectivity index (χ0n) is 21.5. The molecular weight excluding hydrogens is 426 g/mol. The molecule has 8 nitrogen and oxygen atoms in total. The van der Waals surface area contributed by atoms with Gasteiger partial charge in [-0.3, -0.25) is 14.2 Å². The Labute approximate surface area is 202 Å². The third kappa shape index (κ3) is 5.79. The van der Waals surface area contributed by atoms with Gasteiger partial charge in [0.2, 0.25) is 11.6 Å².